The molecule has 0 spiro atoms. The number of hydrogen-bond donors (Lipinski definition) is 2. The molecule has 1 N–H and O–H groups in total. The molecule has 0 saturated heterocycles. The van der Waals surface area contributed by atoms with E-state index in [2.05, 4.69) is 69.2 Å². The molecule has 4 nitrogen and oxygen atoms in total. The van der Waals surface area contributed by atoms with Crippen LogP contribution >= 0.6 is 10.9 Å². The Balaban J connectivity index is 1.81. The standard InChI is InChI=1S/C15H16N4S/c1-3-7-13(8-4-1)11-20(15-16-18-19-17-15)12-14-9-5-2-6-10-14/h1-10,20H,11-12H2,(H,16,17,18,19). The molecular formula is C15H16N4S. The monoisotopic (exact) mass is 284 g/mol. The van der Waals surface area contributed by atoms with Gasteiger partial charge in [-0.2, -0.15) is 10.9 Å². The zero-order chi connectivity index (χ0) is 13.6. The van der Waals surface area contributed by atoms with Crippen molar-refractivity contribution >= 4 is 10.9 Å². The van der Waals surface area contributed by atoms with E-state index in [1.54, 1.807) is 0 Å². The van der Waals surface area contributed by atoms with E-state index < -0.39 is 10.9 Å². The number of nitrogens with zero attached hydrogens (tertiary/aromatic N) is 3. The summed E-state index contributed by atoms with van der Waals surface area (Å²) in [7, 11) is -0.463. The molecule has 0 aliphatic heterocycles. The van der Waals surface area contributed by atoms with Crippen molar-refractivity contribution in [1.29, 1.82) is 0 Å². The fourth-order valence-electron chi connectivity index (χ4n) is 2.10. The molecule has 0 unspecified atom stereocenters. The van der Waals surface area contributed by atoms with E-state index in [4.69, 9.17) is 0 Å². The lowest BCUT2D eigenvalue weighted by Gasteiger charge is -2.18. The van der Waals surface area contributed by atoms with Gasteiger partial charge >= 0.3 is 0 Å². The molecule has 0 radical (unpaired) electrons. The third kappa shape index (κ3) is 3.24. The molecule has 0 aliphatic carbocycles. The number of aromatic nitrogens is 4. The lowest BCUT2D eigenvalue weighted by molar-refractivity contribution is 0.881. The smallest absolute Gasteiger partial charge is 0.187 e. The highest BCUT2D eigenvalue weighted by molar-refractivity contribution is 8.15. The Morgan fingerprint density at radius 1 is 0.800 bits per heavy atom. The van der Waals surface area contributed by atoms with Crippen LogP contribution in [0.5, 0.6) is 0 Å². The first-order valence-electron chi connectivity index (χ1n) is 6.48. The Morgan fingerprint density at radius 3 is 1.80 bits per heavy atom. The van der Waals surface area contributed by atoms with Crippen LogP contribution in [-0.4, -0.2) is 20.6 Å². The van der Waals surface area contributed by atoms with Gasteiger partial charge < -0.3 is 0 Å². The van der Waals surface area contributed by atoms with Crippen LogP contribution in [0.4, 0.5) is 0 Å². The molecule has 0 bridgehead atoms. The van der Waals surface area contributed by atoms with Gasteiger partial charge in [-0.25, -0.2) is 5.10 Å². The normalized spacial score (nSPS) is 11.3. The summed E-state index contributed by atoms with van der Waals surface area (Å²) < 4.78 is 0. The molecule has 3 rings (SSSR count). The van der Waals surface area contributed by atoms with Crippen molar-refractivity contribution in [3.63, 3.8) is 0 Å². The molecule has 1 heterocycles. The number of thiol groups is 1. The molecule has 0 atom stereocenters. The van der Waals surface area contributed by atoms with Crippen molar-refractivity contribution in [1.82, 2.24) is 20.6 Å². The summed E-state index contributed by atoms with van der Waals surface area (Å²) in [5, 5.41) is 15.4. The van der Waals surface area contributed by atoms with Crippen LogP contribution in [0.2, 0.25) is 0 Å². The molecule has 0 fully saturated rings. The first-order valence-corrected chi connectivity index (χ1v) is 8.19. The third-order valence-electron chi connectivity index (χ3n) is 3.07. The third-order valence-corrected chi connectivity index (χ3v) is 5.35. The van der Waals surface area contributed by atoms with Gasteiger partial charge in [0.25, 0.3) is 0 Å². The number of tetrazole rings is 1. The van der Waals surface area contributed by atoms with Crippen LogP contribution in [0.25, 0.3) is 0 Å². The summed E-state index contributed by atoms with van der Waals surface area (Å²) in [6.45, 7) is 0. The van der Waals surface area contributed by atoms with E-state index in [9.17, 15) is 0 Å². The van der Waals surface area contributed by atoms with Gasteiger partial charge in [0.2, 0.25) is 0 Å². The molecule has 0 amide bonds. The summed E-state index contributed by atoms with van der Waals surface area (Å²) in [5.41, 5.74) is 2.65. The lowest BCUT2D eigenvalue weighted by atomic mass is 10.2. The molecule has 20 heavy (non-hydrogen) atoms. The van der Waals surface area contributed by atoms with E-state index in [1.807, 2.05) is 12.1 Å². The highest BCUT2D eigenvalue weighted by Gasteiger charge is 2.12. The minimum atomic E-state index is -0.463. The van der Waals surface area contributed by atoms with Gasteiger partial charge in [0.05, 0.1) is 0 Å². The van der Waals surface area contributed by atoms with Crippen LogP contribution in [0.1, 0.15) is 11.1 Å². The predicted molar refractivity (Wildman–Crippen MR) is 81.7 cm³/mol. The highest BCUT2D eigenvalue weighted by Crippen LogP contribution is 2.39. The number of rotatable bonds is 5. The second kappa shape index (κ2) is 6.34. The van der Waals surface area contributed by atoms with Crippen molar-refractivity contribution in [2.45, 2.75) is 16.7 Å². The van der Waals surface area contributed by atoms with Crippen LogP contribution in [-0.2, 0) is 11.5 Å². The Kier molecular flexibility index (Phi) is 4.08. The van der Waals surface area contributed by atoms with Gasteiger partial charge in [-0.3, -0.25) is 0 Å². The quantitative estimate of drug-likeness (QED) is 0.708. The zero-order valence-corrected chi connectivity index (χ0v) is 11.9. The number of benzene rings is 2. The Morgan fingerprint density at radius 2 is 1.35 bits per heavy atom. The van der Waals surface area contributed by atoms with Crippen LogP contribution in [0.3, 0.4) is 0 Å². The Labute approximate surface area is 120 Å². The van der Waals surface area contributed by atoms with Gasteiger partial charge in [0.15, 0.2) is 5.16 Å². The average molecular weight is 284 g/mol. The van der Waals surface area contributed by atoms with E-state index in [1.165, 1.54) is 11.1 Å². The molecular weight excluding hydrogens is 268 g/mol. The molecule has 0 saturated carbocycles. The summed E-state index contributed by atoms with van der Waals surface area (Å²) >= 11 is 0. The van der Waals surface area contributed by atoms with Crippen molar-refractivity contribution < 1.29 is 0 Å². The average Bonchev–Trinajstić information content (AvgIpc) is 3.03. The van der Waals surface area contributed by atoms with Crippen molar-refractivity contribution in [3.8, 4) is 0 Å². The fraction of sp³-hybridized carbons (Fsp3) is 0.133. The minimum absolute atomic E-state index is 0.463. The van der Waals surface area contributed by atoms with Crippen LogP contribution in [0, 0.1) is 0 Å². The Bertz CT molecular complexity index is 584. The van der Waals surface area contributed by atoms with E-state index in [0.717, 1.165) is 16.7 Å². The van der Waals surface area contributed by atoms with Gasteiger partial charge in [0, 0.05) is 11.5 Å². The summed E-state index contributed by atoms with van der Waals surface area (Å²) in [6, 6.07) is 21.0. The summed E-state index contributed by atoms with van der Waals surface area (Å²) in [5.74, 6) is 1.98. The maximum atomic E-state index is 4.12. The van der Waals surface area contributed by atoms with Gasteiger partial charge in [-0.05, 0) is 21.6 Å². The topological polar surface area (TPSA) is 54.5 Å². The fourth-order valence-corrected chi connectivity index (χ4v) is 4.17. The van der Waals surface area contributed by atoms with Crippen molar-refractivity contribution in [3.05, 3.63) is 71.8 Å². The van der Waals surface area contributed by atoms with Crippen LogP contribution < -0.4 is 0 Å². The zero-order valence-electron chi connectivity index (χ0n) is 11.0. The number of aromatic amines is 1. The van der Waals surface area contributed by atoms with E-state index >= 15 is 0 Å². The van der Waals surface area contributed by atoms with Crippen molar-refractivity contribution in [2.75, 3.05) is 0 Å². The first kappa shape index (κ1) is 12.9. The van der Waals surface area contributed by atoms with Crippen molar-refractivity contribution in [2.24, 2.45) is 0 Å². The second-order valence-corrected chi connectivity index (χ2v) is 6.69. The SMILES string of the molecule is c1ccc(C[SH](Cc2ccccc2)c2nnn[nH]2)cc1. The van der Waals surface area contributed by atoms with Gasteiger partial charge in [-0.15, -0.1) is 5.10 Å². The molecule has 1 aromatic heterocycles. The molecule has 2 aromatic carbocycles. The van der Waals surface area contributed by atoms with Crippen LogP contribution in [0.15, 0.2) is 65.8 Å². The van der Waals surface area contributed by atoms with Gasteiger partial charge in [-0.1, -0.05) is 60.7 Å². The minimum Gasteiger partial charge on any atom is -0.235 e. The highest BCUT2D eigenvalue weighted by atomic mass is 32.2. The summed E-state index contributed by atoms with van der Waals surface area (Å²) in [6.07, 6.45) is 0. The van der Waals surface area contributed by atoms with Gasteiger partial charge in [0.1, 0.15) is 0 Å². The molecule has 3 aromatic rings. The number of hydrogen-bond acceptors (Lipinski definition) is 3. The van der Waals surface area contributed by atoms with E-state index in [0.29, 0.717) is 0 Å². The second-order valence-electron chi connectivity index (χ2n) is 4.55. The maximum absolute atomic E-state index is 4.12. The number of nitrogens with one attached hydrogen (secondary N) is 1. The predicted octanol–water partition coefficient (Wildman–Crippen LogP) is 2.96. The molecule has 5 heteroatoms. The largest absolute Gasteiger partial charge is 0.235 e. The number of H-pyrrole nitrogens is 1. The summed E-state index contributed by atoms with van der Waals surface area (Å²) in [4.78, 5) is 0. The lowest BCUT2D eigenvalue weighted by Crippen LogP contribution is -1.96. The first-order chi connectivity index (χ1) is 9.92. The maximum Gasteiger partial charge on any atom is 0.187 e. The van der Waals surface area contributed by atoms with E-state index in [-0.39, 0.29) is 0 Å². The molecule has 0 aliphatic rings. The molecule has 102 valence electrons. The Hall–Kier alpha value is -2.14.